The molecule has 1 amide bonds. The van der Waals surface area contributed by atoms with Crippen LogP contribution in [-0.2, 0) is 21.5 Å². The highest BCUT2D eigenvalue weighted by molar-refractivity contribution is 5.77. The van der Waals surface area contributed by atoms with Gasteiger partial charge in [-0.3, -0.25) is 9.69 Å². The van der Waals surface area contributed by atoms with Gasteiger partial charge in [0, 0.05) is 18.8 Å². The van der Waals surface area contributed by atoms with E-state index in [0.29, 0.717) is 18.9 Å². The summed E-state index contributed by atoms with van der Waals surface area (Å²) >= 11 is 0. The largest absolute Gasteiger partial charge is 0.492 e. The summed E-state index contributed by atoms with van der Waals surface area (Å²) in [4.78, 5) is 38.4. The third-order valence-electron chi connectivity index (χ3n) is 7.46. The number of carboxylic acid groups (broad SMARTS) is 1. The van der Waals surface area contributed by atoms with Gasteiger partial charge in [-0.2, -0.15) is 0 Å². The summed E-state index contributed by atoms with van der Waals surface area (Å²) in [6.07, 6.45) is -0.220. The van der Waals surface area contributed by atoms with E-state index in [1.165, 1.54) is 5.56 Å². The summed E-state index contributed by atoms with van der Waals surface area (Å²) in [6.45, 7) is 8.13. The fourth-order valence-corrected chi connectivity index (χ4v) is 5.13. The molecule has 1 unspecified atom stereocenters. The van der Waals surface area contributed by atoms with E-state index in [-0.39, 0.29) is 25.1 Å². The average Bonchev–Trinajstić information content (AvgIpc) is 2.96. The van der Waals surface area contributed by atoms with Gasteiger partial charge in [-0.15, -0.1) is 4.91 Å². The number of rotatable bonds is 12. The van der Waals surface area contributed by atoms with Crippen molar-refractivity contribution in [2.75, 3.05) is 37.7 Å². The van der Waals surface area contributed by atoms with Gasteiger partial charge in [-0.1, -0.05) is 73.6 Å². The SMILES string of the molecule is CCOC(=O)CN(Cc1ccc(OCCN2CCC(C)(C)c3cc(C(N=O)c4ccccc4)ccc32)cc1)C(=O)O. The van der Waals surface area contributed by atoms with E-state index in [2.05, 4.69) is 36.1 Å². The highest BCUT2D eigenvalue weighted by Crippen LogP contribution is 2.41. The average molecular weight is 560 g/mol. The summed E-state index contributed by atoms with van der Waals surface area (Å²) in [7, 11) is 0. The Morgan fingerprint density at radius 2 is 1.78 bits per heavy atom. The Hall–Kier alpha value is -4.40. The predicted octanol–water partition coefficient (Wildman–Crippen LogP) is 6.15. The van der Waals surface area contributed by atoms with Crippen LogP contribution in [0.5, 0.6) is 5.75 Å². The molecule has 0 bridgehead atoms. The van der Waals surface area contributed by atoms with Crippen molar-refractivity contribution in [3.8, 4) is 5.75 Å². The first-order valence-electron chi connectivity index (χ1n) is 13.8. The molecule has 1 aliphatic rings. The lowest BCUT2D eigenvalue weighted by Crippen LogP contribution is -2.39. The molecule has 9 heteroatoms. The van der Waals surface area contributed by atoms with Crippen LogP contribution < -0.4 is 9.64 Å². The number of carbonyl (C=O) groups is 2. The molecule has 0 fully saturated rings. The number of ether oxygens (including phenoxy) is 2. The lowest BCUT2D eigenvalue weighted by molar-refractivity contribution is -0.144. The van der Waals surface area contributed by atoms with Gasteiger partial charge in [0.05, 0.1) is 13.2 Å². The van der Waals surface area contributed by atoms with Gasteiger partial charge >= 0.3 is 12.1 Å². The first-order valence-corrected chi connectivity index (χ1v) is 13.8. The molecule has 0 saturated carbocycles. The summed E-state index contributed by atoms with van der Waals surface area (Å²) in [5.41, 5.74) is 4.80. The maximum Gasteiger partial charge on any atom is 0.408 e. The fourth-order valence-electron chi connectivity index (χ4n) is 5.13. The number of anilines is 1. The van der Waals surface area contributed by atoms with E-state index in [4.69, 9.17) is 9.47 Å². The number of carbonyl (C=O) groups excluding carboxylic acids is 1. The molecule has 3 aromatic carbocycles. The molecule has 0 aliphatic carbocycles. The van der Waals surface area contributed by atoms with Crippen LogP contribution in [0.3, 0.4) is 0 Å². The van der Waals surface area contributed by atoms with Gasteiger partial charge in [0.2, 0.25) is 0 Å². The van der Waals surface area contributed by atoms with Crippen molar-refractivity contribution in [1.29, 1.82) is 0 Å². The molecule has 41 heavy (non-hydrogen) atoms. The summed E-state index contributed by atoms with van der Waals surface area (Å²) < 4.78 is 10.9. The quantitative estimate of drug-likeness (QED) is 0.209. The molecule has 0 aromatic heterocycles. The van der Waals surface area contributed by atoms with Crippen molar-refractivity contribution in [1.82, 2.24) is 4.90 Å². The molecule has 1 aliphatic heterocycles. The lowest BCUT2D eigenvalue weighted by Gasteiger charge is -2.40. The highest BCUT2D eigenvalue weighted by Gasteiger charge is 2.32. The van der Waals surface area contributed by atoms with Crippen LogP contribution in [0.1, 0.15) is 55.5 Å². The fraction of sp³-hybridized carbons (Fsp3) is 0.375. The zero-order chi connectivity index (χ0) is 29.4. The molecule has 0 spiro atoms. The van der Waals surface area contributed by atoms with Crippen molar-refractivity contribution in [2.45, 2.75) is 45.2 Å². The standard InChI is InChI=1S/C32H37N3O6/c1-4-40-29(36)22-35(31(37)38)21-23-10-13-26(14-11-23)41-19-18-34-17-16-32(2,3)27-20-25(12-15-28(27)34)30(33-39)24-8-6-5-7-9-24/h5-15,20,30H,4,16-19,21-22H2,1-3H3,(H,37,38). The van der Waals surface area contributed by atoms with Gasteiger partial charge in [0.15, 0.2) is 0 Å². The van der Waals surface area contributed by atoms with E-state index in [1.807, 2.05) is 36.4 Å². The van der Waals surface area contributed by atoms with Gasteiger partial charge < -0.3 is 19.5 Å². The van der Waals surface area contributed by atoms with Crippen LogP contribution in [0, 0.1) is 4.91 Å². The highest BCUT2D eigenvalue weighted by atomic mass is 16.5. The molecule has 4 rings (SSSR count). The monoisotopic (exact) mass is 559 g/mol. The Kier molecular flexibility index (Phi) is 9.60. The molecule has 3 aromatic rings. The number of nitroso groups, excluding NO2 is 1. The number of nitrogens with zero attached hydrogens (tertiary/aromatic N) is 3. The van der Waals surface area contributed by atoms with Crippen LogP contribution in [0.15, 0.2) is 78.0 Å². The first kappa shape index (κ1) is 29.6. The second kappa shape index (κ2) is 13.3. The Morgan fingerprint density at radius 3 is 2.44 bits per heavy atom. The molecule has 9 nitrogen and oxygen atoms in total. The maximum atomic E-state index is 11.8. The van der Waals surface area contributed by atoms with Crippen LogP contribution in [0.4, 0.5) is 10.5 Å². The Morgan fingerprint density at radius 1 is 1.05 bits per heavy atom. The Labute approximate surface area is 240 Å². The van der Waals surface area contributed by atoms with Crippen LogP contribution in [0.25, 0.3) is 0 Å². The first-order chi connectivity index (χ1) is 19.7. The molecule has 1 atom stereocenters. The van der Waals surface area contributed by atoms with Crippen molar-refractivity contribution in [2.24, 2.45) is 5.18 Å². The summed E-state index contributed by atoms with van der Waals surface area (Å²) in [5, 5.41) is 12.9. The molecule has 1 heterocycles. The Balaban J connectivity index is 1.39. The maximum absolute atomic E-state index is 11.8. The van der Waals surface area contributed by atoms with Gasteiger partial charge in [-0.25, -0.2) is 4.79 Å². The minimum absolute atomic E-state index is 0.0419. The van der Waals surface area contributed by atoms with Crippen LogP contribution >= 0.6 is 0 Å². The van der Waals surface area contributed by atoms with Gasteiger partial charge in [-0.05, 0) is 59.2 Å². The molecule has 216 valence electrons. The van der Waals surface area contributed by atoms with Crippen molar-refractivity contribution >= 4 is 17.7 Å². The van der Waals surface area contributed by atoms with Crippen molar-refractivity contribution < 1.29 is 24.2 Å². The number of hydrogen-bond acceptors (Lipinski definition) is 7. The third kappa shape index (κ3) is 7.42. The van der Waals surface area contributed by atoms with E-state index in [0.717, 1.165) is 40.2 Å². The molecule has 0 radical (unpaired) electrons. The number of hydrogen-bond donors (Lipinski definition) is 1. The predicted molar refractivity (Wildman–Crippen MR) is 157 cm³/mol. The number of benzene rings is 3. The number of amides is 1. The summed E-state index contributed by atoms with van der Waals surface area (Å²) in [6, 6.07) is 22.5. The van der Waals surface area contributed by atoms with E-state index in [1.54, 1.807) is 31.2 Å². The van der Waals surface area contributed by atoms with Crippen molar-refractivity contribution in [3.63, 3.8) is 0 Å². The topological polar surface area (TPSA) is 109 Å². The second-order valence-corrected chi connectivity index (χ2v) is 10.8. The molecule has 1 N–H and O–H groups in total. The Bertz CT molecular complexity index is 1340. The van der Waals surface area contributed by atoms with Crippen molar-refractivity contribution in [3.05, 3.63) is 100.0 Å². The molecular weight excluding hydrogens is 522 g/mol. The third-order valence-corrected chi connectivity index (χ3v) is 7.46. The second-order valence-electron chi connectivity index (χ2n) is 10.8. The lowest BCUT2D eigenvalue weighted by atomic mass is 9.76. The number of fused-ring (bicyclic) bond motifs is 1. The van der Waals surface area contributed by atoms with E-state index >= 15 is 0 Å². The summed E-state index contributed by atoms with van der Waals surface area (Å²) in [5.74, 6) is 0.0989. The van der Waals surface area contributed by atoms with E-state index < -0.39 is 18.1 Å². The van der Waals surface area contributed by atoms with Gasteiger partial charge in [0.25, 0.3) is 0 Å². The zero-order valence-electron chi connectivity index (χ0n) is 23.8. The van der Waals surface area contributed by atoms with Crippen LogP contribution in [-0.4, -0.2) is 54.9 Å². The smallest absolute Gasteiger partial charge is 0.408 e. The minimum Gasteiger partial charge on any atom is -0.492 e. The zero-order valence-corrected chi connectivity index (χ0v) is 23.8. The minimum atomic E-state index is -1.19. The van der Waals surface area contributed by atoms with E-state index in [9.17, 15) is 19.6 Å². The number of esters is 1. The normalized spacial score (nSPS) is 14.5. The molecule has 0 saturated heterocycles. The van der Waals surface area contributed by atoms with Gasteiger partial charge in [0.1, 0.15) is 24.9 Å². The van der Waals surface area contributed by atoms with Crippen LogP contribution in [0.2, 0.25) is 0 Å². The molecular formula is C32H37N3O6.